The van der Waals surface area contributed by atoms with Crippen molar-refractivity contribution in [3.8, 4) is 0 Å². The number of benzene rings is 1. The third kappa shape index (κ3) is 3.00. The highest BCUT2D eigenvalue weighted by Gasteiger charge is 2.04. The molecule has 0 aliphatic carbocycles. The summed E-state index contributed by atoms with van der Waals surface area (Å²) in [6.07, 6.45) is 1.32. The zero-order valence-electron chi connectivity index (χ0n) is 8.03. The van der Waals surface area contributed by atoms with Crippen LogP contribution in [-0.2, 0) is 11.3 Å². The second-order valence-electron chi connectivity index (χ2n) is 3.03. The highest BCUT2D eigenvalue weighted by molar-refractivity contribution is 9.10. The first-order chi connectivity index (χ1) is 6.63. The predicted molar refractivity (Wildman–Crippen MR) is 60.8 cm³/mol. The lowest BCUT2D eigenvalue weighted by molar-refractivity contribution is -0.125. The zero-order valence-corrected chi connectivity index (χ0v) is 9.62. The lowest BCUT2D eigenvalue weighted by Crippen LogP contribution is -2.23. The molecule has 1 rings (SSSR count). The highest BCUT2D eigenvalue weighted by atomic mass is 79.9. The van der Waals surface area contributed by atoms with Crippen LogP contribution in [0.15, 0.2) is 41.4 Å². The van der Waals surface area contributed by atoms with Crippen molar-refractivity contribution in [2.75, 3.05) is 7.05 Å². The van der Waals surface area contributed by atoms with Crippen molar-refractivity contribution in [3.05, 3.63) is 47.0 Å². The molecule has 0 atom stereocenters. The van der Waals surface area contributed by atoms with Gasteiger partial charge in [0, 0.05) is 18.1 Å². The number of rotatable bonds is 3. The molecule has 1 amide bonds. The summed E-state index contributed by atoms with van der Waals surface area (Å²) >= 11 is 3.38. The number of likely N-dealkylation sites (N-methyl/N-ethyl adjacent to an activating group) is 1. The van der Waals surface area contributed by atoms with E-state index < -0.39 is 0 Å². The molecule has 0 radical (unpaired) electrons. The van der Waals surface area contributed by atoms with E-state index >= 15 is 0 Å². The van der Waals surface area contributed by atoms with Crippen molar-refractivity contribution < 1.29 is 4.79 Å². The second kappa shape index (κ2) is 4.96. The van der Waals surface area contributed by atoms with Crippen LogP contribution in [0.3, 0.4) is 0 Å². The van der Waals surface area contributed by atoms with Gasteiger partial charge in [0.05, 0.1) is 0 Å². The standard InChI is InChI=1S/C11H12BrNO/c1-3-11(14)13(2)8-9-5-4-6-10(12)7-9/h3-7H,1,8H2,2H3. The predicted octanol–water partition coefficient (Wildman–Crippen LogP) is 2.59. The molecule has 0 fully saturated rings. The van der Waals surface area contributed by atoms with Gasteiger partial charge < -0.3 is 4.90 Å². The Morgan fingerprint density at radius 2 is 2.36 bits per heavy atom. The summed E-state index contributed by atoms with van der Waals surface area (Å²) in [7, 11) is 1.75. The number of hydrogen-bond donors (Lipinski definition) is 0. The van der Waals surface area contributed by atoms with Crippen LogP contribution in [0.1, 0.15) is 5.56 Å². The molecule has 0 unspecified atom stereocenters. The van der Waals surface area contributed by atoms with E-state index in [2.05, 4.69) is 22.5 Å². The molecule has 0 spiro atoms. The Bertz CT molecular complexity index is 349. The highest BCUT2D eigenvalue weighted by Crippen LogP contribution is 2.12. The monoisotopic (exact) mass is 253 g/mol. The van der Waals surface area contributed by atoms with E-state index in [1.165, 1.54) is 6.08 Å². The molecule has 0 bridgehead atoms. The van der Waals surface area contributed by atoms with Gasteiger partial charge in [-0.1, -0.05) is 34.6 Å². The van der Waals surface area contributed by atoms with Crippen LogP contribution in [-0.4, -0.2) is 17.9 Å². The van der Waals surface area contributed by atoms with Gasteiger partial charge in [-0.15, -0.1) is 0 Å². The van der Waals surface area contributed by atoms with Crippen LogP contribution in [0.25, 0.3) is 0 Å². The zero-order chi connectivity index (χ0) is 10.6. The van der Waals surface area contributed by atoms with Crippen LogP contribution in [0, 0.1) is 0 Å². The quantitative estimate of drug-likeness (QED) is 0.759. The molecule has 0 N–H and O–H groups in total. The van der Waals surface area contributed by atoms with Gasteiger partial charge in [-0.05, 0) is 23.8 Å². The van der Waals surface area contributed by atoms with Gasteiger partial charge >= 0.3 is 0 Å². The third-order valence-corrected chi connectivity index (χ3v) is 2.35. The van der Waals surface area contributed by atoms with Crippen molar-refractivity contribution in [1.29, 1.82) is 0 Å². The summed E-state index contributed by atoms with van der Waals surface area (Å²) < 4.78 is 1.02. The van der Waals surface area contributed by atoms with Crippen LogP contribution in [0.4, 0.5) is 0 Å². The summed E-state index contributed by atoms with van der Waals surface area (Å²) in [5, 5.41) is 0. The van der Waals surface area contributed by atoms with Crippen LogP contribution in [0.2, 0.25) is 0 Å². The minimum atomic E-state index is -0.0648. The van der Waals surface area contributed by atoms with E-state index in [4.69, 9.17) is 0 Å². The number of carbonyl (C=O) groups is 1. The summed E-state index contributed by atoms with van der Waals surface area (Å²) in [6.45, 7) is 4.04. The van der Waals surface area contributed by atoms with Gasteiger partial charge in [-0.25, -0.2) is 0 Å². The molecule has 0 aliphatic rings. The Balaban J connectivity index is 2.69. The summed E-state index contributed by atoms with van der Waals surface area (Å²) in [4.78, 5) is 12.8. The fourth-order valence-corrected chi connectivity index (χ4v) is 1.59. The second-order valence-corrected chi connectivity index (χ2v) is 3.94. The average Bonchev–Trinajstić information content (AvgIpc) is 2.16. The van der Waals surface area contributed by atoms with Gasteiger partial charge in [0.15, 0.2) is 0 Å². The smallest absolute Gasteiger partial charge is 0.245 e. The van der Waals surface area contributed by atoms with Crippen LogP contribution in [0.5, 0.6) is 0 Å². The molecule has 1 aromatic carbocycles. The average molecular weight is 254 g/mol. The molecule has 74 valence electrons. The molecule has 0 heterocycles. The van der Waals surface area contributed by atoms with Gasteiger partial charge in [-0.2, -0.15) is 0 Å². The van der Waals surface area contributed by atoms with Crippen molar-refractivity contribution in [2.24, 2.45) is 0 Å². The maximum Gasteiger partial charge on any atom is 0.245 e. The van der Waals surface area contributed by atoms with Crippen LogP contribution < -0.4 is 0 Å². The third-order valence-electron chi connectivity index (χ3n) is 1.86. The van der Waals surface area contributed by atoms with Crippen molar-refractivity contribution >= 4 is 21.8 Å². The normalized spacial score (nSPS) is 9.57. The first kappa shape index (κ1) is 11.0. The minimum Gasteiger partial charge on any atom is -0.338 e. The molecule has 3 heteroatoms. The summed E-state index contributed by atoms with van der Waals surface area (Å²) in [6, 6.07) is 7.88. The molecular weight excluding hydrogens is 242 g/mol. The van der Waals surface area contributed by atoms with E-state index in [0.29, 0.717) is 6.54 Å². The minimum absolute atomic E-state index is 0.0648. The molecule has 0 saturated carbocycles. The van der Waals surface area contributed by atoms with E-state index in [0.717, 1.165) is 10.0 Å². The van der Waals surface area contributed by atoms with Gasteiger partial charge in [0.1, 0.15) is 0 Å². The molecule has 0 aromatic heterocycles. The van der Waals surface area contributed by atoms with Gasteiger partial charge in [-0.3, -0.25) is 4.79 Å². The maximum absolute atomic E-state index is 11.2. The fraction of sp³-hybridized carbons (Fsp3) is 0.182. The maximum atomic E-state index is 11.2. The van der Waals surface area contributed by atoms with E-state index in [9.17, 15) is 4.79 Å². The van der Waals surface area contributed by atoms with Crippen molar-refractivity contribution in [2.45, 2.75) is 6.54 Å². The van der Waals surface area contributed by atoms with E-state index in [-0.39, 0.29) is 5.91 Å². The number of halogens is 1. The lowest BCUT2D eigenvalue weighted by atomic mass is 10.2. The van der Waals surface area contributed by atoms with E-state index in [1.807, 2.05) is 24.3 Å². The van der Waals surface area contributed by atoms with Gasteiger partial charge in [0.25, 0.3) is 0 Å². The number of nitrogens with zero attached hydrogens (tertiary/aromatic N) is 1. The SMILES string of the molecule is C=CC(=O)N(C)Cc1cccc(Br)c1. The van der Waals surface area contributed by atoms with Crippen LogP contribution >= 0.6 is 15.9 Å². The Hall–Kier alpha value is -1.09. The Kier molecular flexibility index (Phi) is 3.89. The fourth-order valence-electron chi connectivity index (χ4n) is 1.14. The first-order valence-corrected chi connectivity index (χ1v) is 5.04. The Labute approximate surface area is 92.4 Å². The molecule has 14 heavy (non-hydrogen) atoms. The van der Waals surface area contributed by atoms with Crippen molar-refractivity contribution in [3.63, 3.8) is 0 Å². The molecule has 0 saturated heterocycles. The Morgan fingerprint density at radius 3 is 2.93 bits per heavy atom. The largest absolute Gasteiger partial charge is 0.338 e. The number of amides is 1. The molecule has 0 aliphatic heterocycles. The van der Waals surface area contributed by atoms with Gasteiger partial charge in [0.2, 0.25) is 5.91 Å². The number of hydrogen-bond acceptors (Lipinski definition) is 1. The summed E-state index contributed by atoms with van der Waals surface area (Å²) in [5.74, 6) is -0.0648. The first-order valence-electron chi connectivity index (χ1n) is 4.25. The summed E-state index contributed by atoms with van der Waals surface area (Å²) in [5.41, 5.74) is 1.09. The Morgan fingerprint density at radius 1 is 1.64 bits per heavy atom. The molecular formula is C11H12BrNO. The molecule has 1 aromatic rings. The lowest BCUT2D eigenvalue weighted by Gasteiger charge is -2.14. The van der Waals surface area contributed by atoms with Crippen molar-refractivity contribution in [1.82, 2.24) is 4.90 Å². The molecule has 2 nitrogen and oxygen atoms in total. The topological polar surface area (TPSA) is 20.3 Å². The number of carbonyl (C=O) groups excluding carboxylic acids is 1. The van der Waals surface area contributed by atoms with E-state index in [1.54, 1.807) is 11.9 Å².